The third kappa shape index (κ3) is 5.28. The smallest absolute Gasteiger partial charge is 0.420 e. The van der Waals surface area contributed by atoms with E-state index in [2.05, 4.69) is 26.1 Å². The first-order chi connectivity index (χ1) is 17.8. The molecule has 2 bridgehead atoms. The van der Waals surface area contributed by atoms with Gasteiger partial charge in [-0.25, -0.2) is 0 Å². The van der Waals surface area contributed by atoms with Crippen molar-refractivity contribution >= 4 is 16.7 Å². The normalized spacial score (nSPS) is 29.9. The minimum atomic E-state index is -4.52. The van der Waals surface area contributed by atoms with Crippen LogP contribution >= 0.6 is 0 Å². The van der Waals surface area contributed by atoms with Crippen molar-refractivity contribution in [3.8, 4) is 5.75 Å². The molecule has 0 aliphatic heterocycles. The van der Waals surface area contributed by atoms with Gasteiger partial charge in [0.15, 0.2) is 0 Å². The van der Waals surface area contributed by atoms with Crippen LogP contribution in [0.15, 0.2) is 30.3 Å². The topological polar surface area (TPSA) is 58.6 Å². The van der Waals surface area contributed by atoms with Gasteiger partial charge in [-0.2, -0.15) is 13.2 Å². The van der Waals surface area contributed by atoms with Gasteiger partial charge in [-0.15, -0.1) is 0 Å². The van der Waals surface area contributed by atoms with E-state index in [-0.39, 0.29) is 28.2 Å². The molecule has 0 amide bonds. The van der Waals surface area contributed by atoms with E-state index in [9.17, 15) is 23.1 Å². The van der Waals surface area contributed by atoms with Crippen molar-refractivity contribution in [3.05, 3.63) is 41.5 Å². The van der Waals surface area contributed by atoms with Crippen LogP contribution in [0.5, 0.6) is 5.75 Å². The van der Waals surface area contributed by atoms with E-state index < -0.39 is 23.1 Å². The lowest BCUT2D eigenvalue weighted by molar-refractivity contribution is -0.156. The molecule has 208 valence electrons. The molecule has 38 heavy (non-hydrogen) atoms. The molecule has 4 aliphatic carbocycles. The first-order valence-electron chi connectivity index (χ1n) is 14.1. The molecular formula is C31H40F3NO3. The van der Waals surface area contributed by atoms with Crippen LogP contribution < -0.4 is 10.1 Å². The molecule has 7 heteroatoms. The zero-order valence-corrected chi connectivity index (χ0v) is 22.7. The Morgan fingerprint density at radius 2 is 1.61 bits per heavy atom. The number of hydrogen-bond donors (Lipinski definition) is 2. The summed E-state index contributed by atoms with van der Waals surface area (Å²) in [7, 11) is 0. The molecule has 0 unspecified atom stereocenters. The fourth-order valence-electron chi connectivity index (χ4n) is 7.15. The molecule has 4 saturated carbocycles. The maximum Gasteiger partial charge on any atom is 0.420 e. The number of hydrogen-bond acceptors (Lipinski definition) is 3. The van der Waals surface area contributed by atoms with Crippen LogP contribution in [-0.4, -0.2) is 22.7 Å². The van der Waals surface area contributed by atoms with Gasteiger partial charge in [0.05, 0.1) is 11.5 Å². The highest BCUT2D eigenvalue weighted by Gasteiger charge is 2.52. The zero-order valence-electron chi connectivity index (χ0n) is 22.7. The van der Waals surface area contributed by atoms with E-state index in [4.69, 9.17) is 4.74 Å². The summed E-state index contributed by atoms with van der Waals surface area (Å²) in [5.41, 5.74) is -0.196. The van der Waals surface area contributed by atoms with Gasteiger partial charge < -0.3 is 15.2 Å². The Labute approximate surface area is 223 Å². The van der Waals surface area contributed by atoms with Crippen LogP contribution in [0.25, 0.3) is 10.8 Å². The quantitative estimate of drug-likeness (QED) is 0.395. The van der Waals surface area contributed by atoms with Crippen molar-refractivity contribution in [2.45, 2.75) is 109 Å². The maximum absolute atomic E-state index is 14.3. The number of ether oxygens (including phenoxy) is 1. The van der Waals surface area contributed by atoms with E-state index >= 15 is 0 Å². The molecule has 4 nitrogen and oxygen atoms in total. The van der Waals surface area contributed by atoms with Gasteiger partial charge in [0.2, 0.25) is 0 Å². The van der Waals surface area contributed by atoms with Gasteiger partial charge >= 0.3 is 12.1 Å². The lowest BCUT2D eigenvalue weighted by atomic mass is 9.57. The molecule has 2 aromatic carbocycles. The summed E-state index contributed by atoms with van der Waals surface area (Å²) in [6.07, 6.45) is 3.30. The minimum Gasteiger partial charge on any atom is -0.490 e. The summed E-state index contributed by atoms with van der Waals surface area (Å²) in [6, 6.07) is 8.41. The zero-order chi connectivity index (χ0) is 27.3. The molecular weight excluding hydrogens is 491 g/mol. The standard InChI is InChI=1S/C31H40F3NO3/c1-28(2,3)22-6-8-23(9-7-22)38-25-11-5-21-18-20(4-10-24(21)26(25)31(32,33)34)19-35-30-15-12-29(13-16-30,14-17-30)27(36)37/h4-5,10-11,18,22-23,35H,6-9,12-17,19H2,1-3H3,(H,36,37)/t22-,23-,29?,30?. The second-order valence-electron chi connectivity index (χ2n) is 13.2. The number of aliphatic carboxylic acids is 1. The van der Waals surface area contributed by atoms with E-state index in [1.165, 1.54) is 6.07 Å². The largest absolute Gasteiger partial charge is 0.490 e. The summed E-state index contributed by atoms with van der Waals surface area (Å²) in [5, 5.41) is 14.0. The number of benzene rings is 2. The van der Waals surface area contributed by atoms with Crippen molar-refractivity contribution in [3.63, 3.8) is 0 Å². The predicted octanol–water partition coefficient (Wildman–Crippen LogP) is 8.11. The molecule has 0 saturated heterocycles. The van der Waals surface area contributed by atoms with Gasteiger partial charge in [-0.3, -0.25) is 4.79 Å². The van der Waals surface area contributed by atoms with E-state index in [1.807, 2.05) is 6.07 Å². The first-order valence-corrected chi connectivity index (χ1v) is 14.1. The first kappa shape index (κ1) is 27.3. The highest BCUT2D eigenvalue weighted by Crippen LogP contribution is 2.52. The van der Waals surface area contributed by atoms with Gasteiger partial charge in [-0.1, -0.05) is 39.0 Å². The van der Waals surface area contributed by atoms with Crippen LogP contribution in [-0.2, 0) is 17.5 Å². The molecule has 4 fully saturated rings. The Morgan fingerprint density at radius 3 is 2.16 bits per heavy atom. The number of carbonyl (C=O) groups is 1. The lowest BCUT2D eigenvalue weighted by Gasteiger charge is -2.51. The van der Waals surface area contributed by atoms with E-state index in [0.717, 1.165) is 50.5 Å². The number of carboxylic acid groups (broad SMARTS) is 1. The SMILES string of the molecule is CC(C)(C)[C@H]1CC[C@H](Oc2ccc3cc(CNC45CCC(C(=O)O)(CC4)CC5)ccc3c2C(F)(F)F)CC1. The third-order valence-electron chi connectivity index (χ3n) is 9.89. The maximum atomic E-state index is 14.3. The molecule has 0 radical (unpaired) electrons. The molecule has 0 aromatic heterocycles. The van der Waals surface area contributed by atoms with E-state index in [0.29, 0.717) is 37.1 Å². The Bertz CT molecular complexity index is 1170. The van der Waals surface area contributed by atoms with Crippen molar-refractivity contribution < 1.29 is 27.8 Å². The van der Waals surface area contributed by atoms with Crippen LogP contribution in [0.3, 0.4) is 0 Å². The summed E-state index contributed by atoms with van der Waals surface area (Å²) in [5.74, 6) is -0.184. The van der Waals surface area contributed by atoms with Crippen molar-refractivity contribution in [2.24, 2.45) is 16.7 Å². The number of rotatable bonds is 6. The second kappa shape index (κ2) is 9.72. The number of halogens is 3. The monoisotopic (exact) mass is 531 g/mol. The predicted molar refractivity (Wildman–Crippen MR) is 142 cm³/mol. The number of carboxylic acids is 1. The fourth-order valence-corrected chi connectivity index (χ4v) is 7.15. The van der Waals surface area contributed by atoms with Gasteiger partial charge in [-0.05, 0) is 104 Å². The molecule has 2 aromatic rings. The number of nitrogens with one attached hydrogen (secondary N) is 1. The highest BCUT2D eigenvalue weighted by molar-refractivity contribution is 5.89. The van der Waals surface area contributed by atoms with Crippen LogP contribution in [0.2, 0.25) is 0 Å². The molecule has 0 heterocycles. The second-order valence-corrected chi connectivity index (χ2v) is 13.2. The van der Waals surface area contributed by atoms with Crippen molar-refractivity contribution in [2.75, 3.05) is 0 Å². The van der Waals surface area contributed by atoms with Gasteiger partial charge in [0.1, 0.15) is 11.3 Å². The highest BCUT2D eigenvalue weighted by atomic mass is 19.4. The van der Waals surface area contributed by atoms with Crippen molar-refractivity contribution in [1.29, 1.82) is 0 Å². The van der Waals surface area contributed by atoms with Gasteiger partial charge in [0.25, 0.3) is 0 Å². The molecule has 6 rings (SSSR count). The molecule has 0 spiro atoms. The third-order valence-corrected chi connectivity index (χ3v) is 9.89. The summed E-state index contributed by atoms with van der Waals surface area (Å²) in [4.78, 5) is 11.7. The molecule has 0 atom stereocenters. The lowest BCUT2D eigenvalue weighted by Crippen LogP contribution is -2.56. The van der Waals surface area contributed by atoms with Crippen molar-refractivity contribution in [1.82, 2.24) is 5.32 Å². The van der Waals surface area contributed by atoms with Crippen LogP contribution in [0.1, 0.15) is 96.1 Å². The Balaban J connectivity index is 1.31. The van der Waals surface area contributed by atoms with E-state index in [1.54, 1.807) is 18.2 Å². The number of fused-ring (bicyclic) bond motifs is 4. The van der Waals surface area contributed by atoms with Crippen LogP contribution in [0.4, 0.5) is 13.2 Å². The number of alkyl halides is 3. The Hall–Kier alpha value is -2.28. The minimum absolute atomic E-state index is 0.0692. The van der Waals surface area contributed by atoms with Gasteiger partial charge in [0, 0.05) is 12.1 Å². The summed E-state index contributed by atoms with van der Waals surface area (Å²) in [6.45, 7) is 7.22. The summed E-state index contributed by atoms with van der Waals surface area (Å²) >= 11 is 0. The Morgan fingerprint density at radius 1 is 0.974 bits per heavy atom. The summed E-state index contributed by atoms with van der Waals surface area (Å²) < 4.78 is 48.9. The average molecular weight is 532 g/mol. The average Bonchev–Trinajstić information content (AvgIpc) is 2.87. The van der Waals surface area contributed by atoms with Crippen LogP contribution in [0, 0.1) is 16.7 Å². The Kier molecular flexibility index (Phi) is 6.98. The fraction of sp³-hybridized carbons (Fsp3) is 0.645. The molecule has 4 aliphatic rings. The molecule has 2 N–H and O–H groups in total.